The van der Waals surface area contributed by atoms with Gasteiger partial charge in [-0.1, -0.05) is 17.7 Å². The SMILES string of the molecule is CCN(CC)c1nc(-c2ccc3c(c2)CN(C2CCC(=O)NC2=O)C3=O)nc2ccc(Cl)cc12. The van der Waals surface area contributed by atoms with Crippen LogP contribution in [-0.2, 0) is 16.1 Å². The number of fused-ring (bicyclic) bond motifs is 2. The van der Waals surface area contributed by atoms with Crippen LogP contribution in [0.3, 0.4) is 0 Å². The van der Waals surface area contributed by atoms with Crippen molar-refractivity contribution < 1.29 is 14.4 Å². The molecule has 1 fully saturated rings. The molecule has 34 heavy (non-hydrogen) atoms. The van der Waals surface area contributed by atoms with Crippen molar-refractivity contribution in [3.05, 3.63) is 52.5 Å². The highest BCUT2D eigenvalue weighted by Gasteiger charge is 2.39. The fourth-order valence-electron chi connectivity index (χ4n) is 4.69. The number of anilines is 1. The van der Waals surface area contributed by atoms with Gasteiger partial charge in [-0.2, -0.15) is 0 Å². The van der Waals surface area contributed by atoms with Gasteiger partial charge in [0.1, 0.15) is 11.9 Å². The van der Waals surface area contributed by atoms with Gasteiger partial charge in [-0.15, -0.1) is 0 Å². The van der Waals surface area contributed by atoms with Crippen molar-refractivity contribution in [2.75, 3.05) is 18.0 Å². The van der Waals surface area contributed by atoms with E-state index in [0.29, 0.717) is 29.4 Å². The van der Waals surface area contributed by atoms with Gasteiger partial charge in [-0.3, -0.25) is 19.7 Å². The molecule has 0 radical (unpaired) electrons. The number of benzene rings is 2. The van der Waals surface area contributed by atoms with Crippen LogP contribution in [0.15, 0.2) is 36.4 Å². The van der Waals surface area contributed by atoms with E-state index in [2.05, 4.69) is 24.1 Å². The topological polar surface area (TPSA) is 95.5 Å². The Morgan fingerprint density at radius 2 is 1.88 bits per heavy atom. The van der Waals surface area contributed by atoms with Crippen LogP contribution in [0.1, 0.15) is 42.6 Å². The Balaban J connectivity index is 1.53. The Labute approximate surface area is 201 Å². The van der Waals surface area contributed by atoms with Crippen LogP contribution in [0.5, 0.6) is 0 Å². The molecule has 174 valence electrons. The number of amides is 3. The van der Waals surface area contributed by atoms with Crippen molar-refractivity contribution in [1.82, 2.24) is 20.2 Å². The van der Waals surface area contributed by atoms with Gasteiger partial charge in [0, 0.05) is 47.6 Å². The molecule has 2 aromatic carbocycles. The molecule has 0 spiro atoms. The Kier molecular flexibility index (Phi) is 5.69. The van der Waals surface area contributed by atoms with Crippen LogP contribution in [0.4, 0.5) is 5.82 Å². The van der Waals surface area contributed by atoms with Gasteiger partial charge >= 0.3 is 0 Å². The Morgan fingerprint density at radius 1 is 1.09 bits per heavy atom. The molecule has 2 aliphatic rings. The molecule has 1 unspecified atom stereocenters. The number of hydrogen-bond donors (Lipinski definition) is 1. The number of nitrogens with zero attached hydrogens (tertiary/aromatic N) is 4. The van der Waals surface area contributed by atoms with Crippen LogP contribution in [0.2, 0.25) is 5.02 Å². The summed E-state index contributed by atoms with van der Waals surface area (Å²) in [6.07, 6.45) is 0.561. The molecule has 1 saturated heterocycles. The zero-order chi connectivity index (χ0) is 24.0. The van der Waals surface area contributed by atoms with Gasteiger partial charge < -0.3 is 9.80 Å². The van der Waals surface area contributed by atoms with Gasteiger partial charge in [0.25, 0.3) is 5.91 Å². The lowest BCUT2D eigenvalue weighted by atomic mass is 10.0. The summed E-state index contributed by atoms with van der Waals surface area (Å²) in [6, 6.07) is 10.5. The number of rotatable bonds is 5. The van der Waals surface area contributed by atoms with Crippen molar-refractivity contribution in [3.8, 4) is 11.4 Å². The fraction of sp³-hybridized carbons (Fsp3) is 0.320. The lowest BCUT2D eigenvalue weighted by Crippen LogP contribution is -2.52. The largest absolute Gasteiger partial charge is 0.357 e. The molecule has 1 N–H and O–H groups in total. The Morgan fingerprint density at radius 3 is 2.62 bits per heavy atom. The van der Waals surface area contributed by atoms with Crippen molar-refractivity contribution in [2.45, 2.75) is 39.3 Å². The first-order valence-corrected chi connectivity index (χ1v) is 11.8. The quantitative estimate of drug-likeness (QED) is 0.564. The van der Waals surface area contributed by atoms with E-state index in [4.69, 9.17) is 21.6 Å². The molecule has 3 amide bonds. The molecule has 5 rings (SSSR count). The molecule has 0 bridgehead atoms. The average molecular weight is 478 g/mol. The summed E-state index contributed by atoms with van der Waals surface area (Å²) in [5.41, 5.74) is 2.96. The molecule has 0 aliphatic carbocycles. The maximum atomic E-state index is 13.0. The van der Waals surface area contributed by atoms with Crippen molar-refractivity contribution in [2.24, 2.45) is 0 Å². The number of halogens is 1. The molecule has 2 aliphatic heterocycles. The summed E-state index contributed by atoms with van der Waals surface area (Å²) >= 11 is 6.25. The third kappa shape index (κ3) is 3.77. The van der Waals surface area contributed by atoms with E-state index in [1.54, 1.807) is 11.0 Å². The fourth-order valence-corrected chi connectivity index (χ4v) is 4.86. The second-order valence-electron chi connectivity index (χ2n) is 8.48. The molecular weight excluding hydrogens is 454 g/mol. The maximum absolute atomic E-state index is 13.0. The van der Waals surface area contributed by atoms with E-state index in [1.807, 2.05) is 30.3 Å². The number of aromatic nitrogens is 2. The van der Waals surface area contributed by atoms with E-state index < -0.39 is 11.9 Å². The van der Waals surface area contributed by atoms with Gasteiger partial charge in [0.15, 0.2) is 5.82 Å². The van der Waals surface area contributed by atoms with Crippen LogP contribution in [0.25, 0.3) is 22.3 Å². The summed E-state index contributed by atoms with van der Waals surface area (Å²) in [5, 5.41) is 3.85. The first-order chi connectivity index (χ1) is 16.4. The van der Waals surface area contributed by atoms with E-state index in [9.17, 15) is 14.4 Å². The smallest absolute Gasteiger partial charge is 0.255 e. The Bertz CT molecular complexity index is 1340. The molecule has 3 heterocycles. The van der Waals surface area contributed by atoms with Crippen molar-refractivity contribution in [3.63, 3.8) is 0 Å². The van der Waals surface area contributed by atoms with Crippen molar-refractivity contribution in [1.29, 1.82) is 0 Å². The van der Waals surface area contributed by atoms with E-state index in [-0.39, 0.29) is 18.2 Å². The highest BCUT2D eigenvalue weighted by atomic mass is 35.5. The zero-order valence-electron chi connectivity index (χ0n) is 19.0. The minimum atomic E-state index is -0.642. The first-order valence-electron chi connectivity index (χ1n) is 11.4. The molecule has 1 atom stereocenters. The predicted octanol–water partition coefficient (Wildman–Crippen LogP) is 3.56. The molecule has 8 nitrogen and oxygen atoms in total. The van der Waals surface area contributed by atoms with Gasteiger partial charge in [0.2, 0.25) is 11.8 Å². The van der Waals surface area contributed by atoms with Gasteiger partial charge in [-0.05, 0) is 56.2 Å². The maximum Gasteiger partial charge on any atom is 0.255 e. The number of nitrogens with one attached hydrogen (secondary N) is 1. The molecular formula is C25H24ClN5O3. The van der Waals surface area contributed by atoms with Crippen LogP contribution in [-0.4, -0.2) is 51.7 Å². The summed E-state index contributed by atoms with van der Waals surface area (Å²) in [7, 11) is 0. The number of carbonyl (C=O) groups is 3. The minimum absolute atomic E-state index is 0.200. The molecule has 0 saturated carbocycles. The van der Waals surface area contributed by atoms with E-state index in [0.717, 1.165) is 40.9 Å². The summed E-state index contributed by atoms with van der Waals surface area (Å²) in [5.74, 6) is 0.457. The first kappa shape index (κ1) is 22.3. The predicted molar refractivity (Wildman–Crippen MR) is 130 cm³/mol. The minimum Gasteiger partial charge on any atom is -0.357 e. The number of hydrogen-bond acceptors (Lipinski definition) is 6. The zero-order valence-corrected chi connectivity index (χ0v) is 19.7. The molecule has 1 aromatic heterocycles. The Hall–Kier alpha value is -3.52. The molecule has 3 aromatic rings. The highest BCUT2D eigenvalue weighted by Crippen LogP contribution is 2.33. The number of piperidine rings is 1. The third-order valence-corrected chi connectivity index (χ3v) is 6.72. The number of carbonyl (C=O) groups excluding carboxylic acids is 3. The lowest BCUT2D eigenvalue weighted by molar-refractivity contribution is -0.136. The highest BCUT2D eigenvalue weighted by molar-refractivity contribution is 6.31. The second-order valence-corrected chi connectivity index (χ2v) is 8.91. The average Bonchev–Trinajstić information content (AvgIpc) is 3.15. The van der Waals surface area contributed by atoms with E-state index >= 15 is 0 Å². The standard InChI is InChI=1S/C25H24ClN5O3/c1-3-30(4-2)23-18-12-16(26)6-8-19(18)27-22(29-23)14-5-7-17-15(11-14)13-31(25(17)34)20-9-10-21(32)28-24(20)33/h5-8,11-12,20H,3-4,9-10,13H2,1-2H3,(H,28,32,33). The molecule has 9 heteroatoms. The summed E-state index contributed by atoms with van der Waals surface area (Å²) < 4.78 is 0. The van der Waals surface area contributed by atoms with Gasteiger partial charge in [-0.25, -0.2) is 9.97 Å². The van der Waals surface area contributed by atoms with Crippen molar-refractivity contribution >= 4 is 46.0 Å². The third-order valence-electron chi connectivity index (χ3n) is 6.48. The summed E-state index contributed by atoms with van der Waals surface area (Å²) in [6.45, 7) is 6.03. The van der Waals surface area contributed by atoms with E-state index in [1.165, 1.54) is 0 Å². The summed E-state index contributed by atoms with van der Waals surface area (Å²) in [4.78, 5) is 50.2. The lowest BCUT2D eigenvalue weighted by Gasteiger charge is -2.29. The number of imide groups is 1. The van der Waals surface area contributed by atoms with Gasteiger partial charge in [0.05, 0.1) is 5.52 Å². The van der Waals surface area contributed by atoms with Crippen LogP contribution in [0, 0.1) is 0 Å². The normalized spacial score (nSPS) is 17.8. The second kappa shape index (κ2) is 8.68. The van der Waals surface area contributed by atoms with Crippen LogP contribution >= 0.6 is 11.6 Å². The monoisotopic (exact) mass is 477 g/mol. The van der Waals surface area contributed by atoms with Crippen LogP contribution < -0.4 is 10.2 Å².